The van der Waals surface area contributed by atoms with Crippen LogP contribution in [0.2, 0.25) is 0 Å². The van der Waals surface area contributed by atoms with E-state index < -0.39 is 0 Å². The van der Waals surface area contributed by atoms with Gasteiger partial charge in [-0.15, -0.1) is 20.4 Å². The smallest absolute Gasteiger partial charge is 0.248 e. The third kappa shape index (κ3) is 7.37. The molecule has 274 valence electrons. The van der Waals surface area contributed by atoms with Gasteiger partial charge < -0.3 is 18.6 Å². The number of benzene rings is 4. The predicted molar refractivity (Wildman–Crippen MR) is 216 cm³/mol. The van der Waals surface area contributed by atoms with Gasteiger partial charge in [0.1, 0.15) is 0 Å². The third-order valence-corrected chi connectivity index (χ3v) is 10.9. The van der Waals surface area contributed by atoms with Crippen molar-refractivity contribution in [3.8, 4) is 56.9 Å². The van der Waals surface area contributed by atoms with E-state index in [0.717, 1.165) is 59.3 Å². The molecule has 2 aromatic heterocycles. The highest BCUT2D eigenvalue weighted by Gasteiger charge is 2.43. The molecule has 0 bridgehead atoms. The molecule has 2 heterocycles. The molecule has 0 saturated carbocycles. The molecule has 8 heteroatoms. The summed E-state index contributed by atoms with van der Waals surface area (Å²) < 4.78 is 12.7. The van der Waals surface area contributed by atoms with Gasteiger partial charge in [-0.05, 0) is 108 Å². The van der Waals surface area contributed by atoms with Gasteiger partial charge >= 0.3 is 0 Å². The first kappa shape index (κ1) is 36.1. The monoisotopic (exact) mass is 708 g/mol. The number of unbranched alkanes of at least 4 members (excludes halogenated alkanes) is 6. The van der Waals surface area contributed by atoms with E-state index in [-0.39, 0.29) is 5.41 Å². The molecule has 0 radical (unpaired) electrons. The van der Waals surface area contributed by atoms with E-state index in [2.05, 4.69) is 105 Å². The zero-order valence-electron chi connectivity index (χ0n) is 32.2. The zero-order chi connectivity index (χ0) is 37.0. The molecule has 0 saturated heterocycles. The number of hydrogen-bond acceptors (Lipinski definition) is 8. The summed E-state index contributed by atoms with van der Waals surface area (Å²) in [5.74, 6) is 2.13. The highest BCUT2D eigenvalue weighted by Crippen LogP contribution is 2.55. The van der Waals surface area contributed by atoms with Crippen LogP contribution in [0.5, 0.6) is 0 Å². The second-order valence-corrected chi connectivity index (χ2v) is 14.9. The van der Waals surface area contributed by atoms with Gasteiger partial charge in [0.15, 0.2) is 0 Å². The molecule has 0 amide bonds. The Kier molecular flexibility index (Phi) is 10.8. The lowest BCUT2D eigenvalue weighted by Crippen LogP contribution is -2.25. The largest absolute Gasteiger partial charge is 0.416 e. The Bertz CT molecular complexity index is 1970. The number of aromatic nitrogens is 4. The molecule has 0 atom stereocenters. The fraction of sp³-hybridized carbons (Fsp3) is 0.378. The van der Waals surface area contributed by atoms with Gasteiger partial charge in [0.25, 0.3) is 0 Å². The molecule has 8 nitrogen and oxygen atoms in total. The summed E-state index contributed by atoms with van der Waals surface area (Å²) in [6.45, 7) is 4.56. The quantitative estimate of drug-likeness (QED) is 0.0919. The molecule has 53 heavy (non-hydrogen) atoms. The zero-order valence-corrected chi connectivity index (χ0v) is 32.2. The Labute approximate surface area is 314 Å². The molecule has 1 aliphatic rings. The Morgan fingerprint density at radius 1 is 0.453 bits per heavy atom. The molecule has 0 spiro atoms. The van der Waals surface area contributed by atoms with Crippen LogP contribution < -0.4 is 9.80 Å². The van der Waals surface area contributed by atoms with E-state index in [9.17, 15) is 0 Å². The molecule has 0 aliphatic heterocycles. The molecule has 4 aromatic carbocycles. The first-order valence-electron chi connectivity index (χ1n) is 19.3. The van der Waals surface area contributed by atoms with Crippen molar-refractivity contribution in [3.63, 3.8) is 0 Å². The lowest BCUT2D eigenvalue weighted by molar-refractivity contribution is 0.401. The van der Waals surface area contributed by atoms with Gasteiger partial charge in [0.2, 0.25) is 23.6 Å². The summed E-state index contributed by atoms with van der Waals surface area (Å²) in [5, 5.41) is 18.1. The highest BCUT2D eigenvalue weighted by atomic mass is 16.4. The Hall–Kier alpha value is -5.24. The normalized spacial score (nSPS) is 12.9. The maximum Gasteiger partial charge on any atom is 0.248 e. The van der Waals surface area contributed by atoms with Crippen LogP contribution in [0.15, 0.2) is 93.8 Å². The van der Waals surface area contributed by atoms with E-state index in [4.69, 9.17) is 8.83 Å². The first-order valence-corrected chi connectivity index (χ1v) is 19.3. The van der Waals surface area contributed by atoms with Crippen molar-refractivity contribution in [2.45, 2.75) is 83.5 Å². The summed E-state index contributed by atoms with van der Waals surface area (Å²) in [5.41, 5.74) is 11.1. The van der Waals surface area contributed by atoms with Crippen molar-refractivity contribution in [2.24, 2.45) is 0 Å². The predicted octanol–water partition coefficient (Wildman–Crippen LogP) is 11.5. The van der Waals surface area contributed by atoms with E-state index in [1.807, 2.05) is 52.5 Å². The van der Waals surface area contributed by atoms with Gasteiger partial charge in [-0.25, -0.2) is 0 Å². The average molecular weight is 709 g/mol. The van der Waals surface area contributed by atoms with Crippen LogP contribution in [0.4, 0.5) is 11.4 Å². The SMILES string of the molecule is CCCCCCC1(CCCCCC)c2cc(-c3nnc(-c4ccc(N(C)C)cc4)o3)ccc2-c2ccc(-c3nnc(-c4ccc(N(C)C)cc4)o3)cc21. The first-order chi connectivity index (χ1) is 25.8. The van der Waals surface area contributed by atoms with Gasteiger partial charge in [-0.1, -0.05) is 77.3 Å². The molecule has 6 aromatic rings. The number of fused-ring (bicyclic) bond motifs is 3. The van der Waals surface area contributed by atoms with Gasteiger partial charge in [0.05, 0.1) is 0 Å². The molecular weight excluding hydrogens is 657 g/mol. The van der Waals surface area contributed by atoms with Crippen LogP contribution in [-0.2, 0) is 5.41 Å². The van der Waals surface area contributed by atoms with Crippen molar-refractivity contribution >= 4 is 11.4 Å². The summed E-state index contributed by atoms with van der Waals surface area (Å²) in [6, 6.07) is 29.9. The fourth-order valence-corrected chi connectivity index (χ4v) is 7.85. The van der Waals surface area contributed by atoms with Crippen LogP contribution in [0.1, 0.15) is 89.2 Å². The Morgan fingerprint density at radius 2 is 0.811 bits per heavy atom. The van der Waals surface area contributed by atoms with Crippen LogP contribution in [0.3, 0.4) is 0 Å². The summed E-state index contributed by atoms with van der Waals surface area (Å²) in [6.07, 6.45) is 11.8. The summed E-state index contributed by atoms with van der Waals surface area (Å²) in [4.78, 5) is 4.16. The second kappa shape index (κ2) is 15.8. The summed E-state index contributed by atoms with van der Waals surface area (Å²) in [7, 11) is 8.14. The minimum atomic E-state index is -0.159. The molecular formula is C45H52N6O2. The van der Waals surface area contributed by atoms with Gasteiger partial charge in [-0.2, -0.15) is 0 Å². The van der Waals surface area contributed by atoms with E-state index >= 15 is 0 Å². The topological polar surface area (TPSA) is 84.3 Å². The van der Waals surface area contributed by atoms with E-state index in [0.29, 0.717) is 23.6 Å². The summed E-state index contributed by atoms with van der Waals surface area (Å²) >= 11 is 0. The molecule has 0 fully saturated rings. The van der Waals surface area contributed by atoms with Crippen LogP contribution in [0.25, 0.3) is 56.9 Å². The standard InChI is InChI=1S/C45H52N6O2/c1-7-9-11-13-27-45(28-14-12-10-8-2)39-29-33(43-48-46-41(52-43)31-15-21-35(22-16-31)50(3)4)19-25-37(39)38-26-20-34(30-40(38)45)44-49-47-42(53-44)32-17-23-36(24-18-32)51(5)6/h15-26,29-30H,7-14,27-28H2,1-6H3. The fourth-order valence-electron chi connectivity index (χ4n) is 7.85. The highest BCUT2D eigenvalue weighted by molar-refractivity contribution is 5.85. The van der Waals surface area contributed by atoms with Gasteiger partial charge in [0, 0.05) is 67.2 Å². The number of rotatable bonds is 16. The van der Waals surface area contributed by atoms with Gasteiger partial charge in [-0.3, -0.25) is 0 Å². The molecule has 1 aliphatic carbocycles. The van der Waals surface area contributed by atoms with Crippen molar-refractivity contribution < 1.29 is 8.83 Å². The second-order valence-electron chi connectivity index (χ2n) is 14.9. The number of nitrogens with zero attached hydrogens (tertiary/aromatic N) is 6. The molecule has 7 rings (SSSR count). The Balaban J connectivity index is 1.27. The van der Waals surface area contributed by atoms with E-state index in [1.165, 1.54) is 60.8 Å². The lowest BCUT2D eigenvalue weighted by Gasteiger charge is -2.33. The number of hydrogen-bond donors (Lipinski definition) is 0. The van der Waals surface area contributed by atoms with Crippen LogP contribution >= 0.6 is 0 Å². The molecule has 0 unspecified atom stereocenters. The lowest BCUT2D eigenvalue weighted by atomic mass is 9.70. The minimum Gasteiger partial charge on any atom is -0.416 e. The number of anilines is 2. The minimum absolute atomic E-state index is 0.159. The Morgan fingerprint density at radius 3 is 1.17 bits per heavy atom. The average Bonchev–Trinajstić information content (AvgIpc) is 3.93. The van der Waals surface area contributed by atoms with Crippen molar-refractivity contribution in [1.29, 1.82) is 0 Å². The van der Waals surface area contributed by atoms with Crippen molar-refractivity contribution in [2.75, 3.05) is 38.0 Å². The van der Waals surface area contributed by atoms with Crippen LogP contribution in [0, 0.1) is 0 Å². The van der Waals surface area contributed by atoms with Crippen molar-refractivity contribution in [1.82, 2.24) is 20.4 Å². The van der Waals surface area contributed by atoms with Crippen LogP contribution in [-0.4, -0.2) is 48.6 Å². The van der Waals surface area contributed by atoms with Crippen molar-refractivity contribution in [3.05, 3.63) is 96.1 Å². The maximum absolute atomic E-state index is 6.36. The third-order valence-electron chi connectivity index (χ3n) is 10.9. The molecule has 0 N–H and O–H groups in total. The maximum atomic E-state index is 6.36. The van der Waals surface area contributed by atoms with E-state index in [1.54, 1.807) is 0 Å².